The van der Waals surface area contributed by atoms with Crippen LogP contribution in [0, 0.1) is 0 Å². The zero-order chi connectivity index (χ0) is 14.9. The van der Waals surface area contributed by atoms with Crippen molar-refractivity contribution < 1.29 is 18.0 Å². The molecule has 1 aromatic heterocycles. The third kappa shape index (κ3) is 2.61. The topological polar surface area (TPSA) is 22.0 Å². The first-order valence-corrected chi connectivity index (χ1v) is 6.22. The highest BCUT2D eigenvalue weighted by molar-refractivity contribution is 5.95. The standard InChI is InChI=1S/C15H14F3NO/c1-3-19-9-11(10(2)20)8-14(19)12-6-4-5-7-13(12)15(16,17)18/h4-9H,3H2,1-2H3. The van der Waals surface area contributed by atoms with Crippen molar-refractivity contribution in [2.24, 2.45) is 0 Å². The number of nitrogens with zero attached hydrogens (tertiary/aromatic N) is 1. The fraction of sp³-hybridized carbons (Fsp3) is 0.267. The van der Waals surface area contributed by atoms with E-state index in [1.165, 1.54) is 25.1 Å². The first kappa shape index (κ1) is 14.4. The summed E-state index contributed by atoms with van der Waals surface area (Å²) < 4.78 is 40.8. The molecule has 0 atom stereocenters. The number of carbonyl (C=O) groups excluding carboxylic acids is 1. The Balaban J connectivity index is 2.66. The molecule has 0 amide bonds. The minimum atomic E-state index is -4.42. The van der Waals surface area contributed by atoms with Crippen molar-refractivity contribution in [2.45, 2.75) is 26.6 Å². The SMILES string of the molecule is CCn1cc(C(C)=O)cc1-c1ccccc1C(F)(F)F. The zero-order valence-electron chi connectivity index (χ0n) is 11.2. The van der Waals surface area contributed by atoms with E-state index in [9.17, 15) is 18.0 Å². The number of rotatable bonds is 3. The molecule has 1 heterocycles. The number of hydrogen-bond acceptors (Lipinski definition) is 1. The van der Waals surface area contributed by atoms with Gasteiger partial charge < -0.3 is 4.57 Å². The van der Waals surface area contributed by atoms with Gasteiger partial charge in [-0.3, -0.25) is 4.79 Å². The van der Waals surface area contributed by atoms with Gasteiger partial charge in [-0.25, -0.2) is 0 Å². The van der Waals surface area contributed by atoms with Gasteiger partial charge in [0.2, 0.25) is 0 Å². The van der Waals surface area contributed by atoms with Crippen LogP contribution in [0.25, 0.3) is 11.3 Å². The lowest BCUT2D eigenvalue weighted by Crippen LogP contribution is -2.08. The molecule has 0 aliphatic rings. The van der Waals surface area contributed by atoms with Crippen LogP contribution in [0.5, 0.6) is 0 Å². The normalized spacial score (nSPS) is 11.7. The van der Waals surface area contributed by atoms with Crippen molar-refractivity contribution >= 4 is 5.78 Å². The summed E-state index contributed by atoms with van der Waals surface area (Å²) in [4.78, 5) is 11.4. The van der Waals surface area contributed by atoms with Gasteiger partial charge in [0.05, 0.1) is 5.56 Å². The second-order valence-corrected chi connectivity index (χ2v) is 4.50. The third-order valence-corrected chi connectivity index (χ3v) is 3.15. The predicted molar refractivity (Wildman–Crippen MR) is 70.5 cm³/mol. The van der Waals surface area contributed by atoms with Crippen LogP contribution in [0.2, 0.25) is 0 Å². The molecule has 0 aliphatic carbocycles. The second-order valence-electron chi connectivity index (χ2n) is 4.50. The van der Waals surface area contributed by atoms with Gasteiger partial charge in [0.25, 0.3) is 0 Å². The number of hydrogen-bond donors (Lipinski definition) is 0. The molecular weight excluding hydrogens is 267 g/mol. The van der Waals surface area contributed by atoms with Gasteiger partial charge in [0, 0.05) is 29.6 Å². The van der Waals surface area contributed by atoms with Crippen LogP contribution in [0.1, 0.15) is 29.8 Å². The molecule has 2 nitrogen and oxygen atoms in total. The molecular formula is C15H14F3NO. The summed E-state index contributed by atoms with van der Waals surface area (Å²) in [7, 11) is 0. The number of Topliss-reactive ketones (excluding diaryl/α,β-unsaturated/α-hetero) is 1. The van der Waals surface area contributed by atoms with Gasteiger partial charge in [-0.15, -0.1) is 0 Å². The van der Waals surface area contributed by atoms with Crippen LogP contribution in [0.15, 0.2) is 36.5 Å². The minimum absolute atomic E-state index is 0.0920. The molecule has 0 saturated carbocycles. The van der Waals surface area contributed by atoms with Crippen molar-refractivity contribution in [3.8, 4) is 11.3 Å². The van der Waals surface area contributed by atoms with E-state index in [1.807, 2.05) is 6.92 Å². The van der Waals surface area contributed by atoms with E-state index in [0.29, 0.717) is 17.8 Å². The third-order valence-electron chi connectivity index (χ3n) is 3.15. The van der Waals surface area contributed by atoms with Crippen molar-refractivity contribution in [3.05, 3.63) is 47.7 Å². The van der Waals surface area contributed by atoms with Crippen molar-refractivity contribution in [1.29, 1.82) is 0 Å². The molecule has 0 saturated heterocycles. The Labute approximate surface area is 114 Å². The average molecular weight is 281 g/mol. The zero-order valence-corrected chi connectivity index (χ0v) is 11.2. The molecule has 106 valence electrons. The number of alkyl halides is 3. The van der Waals surface area contributed by atoms with E-state index in [1.54, 1.807) is 16.8 Å². The molecule has 0 N–H and O–H groups in total. The number of aryl methyl sites for hydroxylation is 1. The van der Waals surface area contributed by atoms with Crippen LogP contribution < -0.4 is 0 Å². The first-order valence-electron chi connectivity index (χ1n) is 6.22. The van der Waals surface area contributed by atoms with Crippen LogP contribution in [-0.2, 0) is 12.7 Å². The van der Waals surface area contributed by atoms with E-state index in [-0.39, 0.29) is 11.3 Å². The summed E-state index contributed by atoms with van der Waals surface area (Å²) in [5.41, 5.74) is 0.224. The largest absolute Gasteiger partial charge is 0.417 e. The molecule has 0 aliphatic heterocycles. The number of halogens is 3. The van der Waals surface area contributed by atoms with Gasteiger partial charge in [-0.1, -0.05) is 18.2 Å². The summed E-state index contributed by atoms with van der Waals surface area (Å²) in [6, 6.07) is 6.91. The average Bonchev–Trinajstić information content (AvgIpc) is 2.82. The summed E-state index contributed by atoms with van der Waals surface area (Å²) in [5, 5.41) is 0. The quantitative estimate of drug-likeness (QED) is 0.764. The molecule has 0 radical (unpaired) electrons. The highest BCUT2D eigenvalue weighted by atomic mass is 19.4. The highest BCUT2D eigenvalue weighted by Crippen LogP contribution is 2.37. The Morgan fingerprint density at radius 2 is 1.90 bits per heavy atom. The smallest absolute Gasteiger partial charge is 0.347 e. The van der Waals surface area contributed by atoms with Gasteiger partial charge in [0.1, 0.15) is 0 Å². The van der Waals surface area contributed by atoms with E-state index in [0.717, 1.165) is 6.07 Å². The van der Waals surface area contributed by atoms with Gasteiger partial charge in [-0.05, 0) is 26.0 Å². The Hall–Kier alpha value is -2.04. The molecule has 5 heteroatoms. The van der Waals surface area contributed by atoms with Gasteiger partial charge >= 0.3 is 6.18 Å². The Kier molecular flexibility index (Phi) is 3.70. The fourth-order valence-corrected chi connectivity index (χ4v) is 2.15. The van der Waals surface area contributed by atoms with Crippen molar-refractivity contribution in [2.75, 3.05) is 0 Å². The van der Waals surface area contributed by atoms with Crippen LogP contribution in [0.3, 0.4) is 0 Å². The van der Waals surface area contributed by atoms with E-state index in [4.69, 9.17) is 0 Å². The number of benzene rings is 1. The lowest BCUT2D eigenvalue weighted by Gasteiger charge is -2.14. The molecule has 2 aromatic rings. The van der Waals surface area contributed by atoms with Crippen molar-refractivity contribution in [3.63, 3.8) is 0 Å². The number of ketones is 1. The molecule has 0 spiro atoms. The maximum Gasteiger partial charge on any atom is 0.417 e. The maximum absolute atomic E-state index is 13.1. The van der Waals surface area contributed by atoms with E-state index >= 15 is 0 Å². The van der Waals surface area contributed by atoms with Crippen molar-refractivity contribution in [1.82, 2.24) is 4.57 Å². The lowest BCUT2D eigenvalue weighted by atomic mass is 10.0. The molecule has 1 aromatic carbocycles. The number of carbonyl (C=O) groups is 1. The Morgan fingerprint density at radius 3 is 2.45 bits per heavy atom. The number of aromatic nitrogens is 1. The predicted octanol–water partition coefficient (Wildman–Crippen LogP) is 4.40. The summed E-state index contributed by atoms with van der Waals surface area (Å²) in [6.07, 6.45) is -2.83. The van der Waals surface area contributed by atoms with Crippen LogP contribution in [-0.4, -0.2) is 10.4 Å². The second kappa shape index (κ2) is 5.15. The summed E-state index contributed by atoms with van der Waals surface area (Å²) >= 11 is 0. The highest BCUT2D eigenvalue weighted by Gasteiger charge is 2.34. The Morgan fingerprint density at radius 1 is 1.25 bits per heavy atom. The summed E-state index contributed by atoms with van der Waals surface area (Å²) in [5.74, 6) is -0.164. The van der Waals surface area contributed by atoms with Crippen LogP contribution >= 0.6 is 0 Å². The molecule has 0 fully saturated rings. The fourth-order valence-electron chi connectivity index (χ4n) is 2.15. The van der Waals surface area contributed by atoms with E-state index in [2.05, 4.69) is 0 Å². The lowest BCUT2D eigenvalue weighted by molar-refractivity contribution is -0.137. The summed E-state index contributed by atoms with van der Waals surface area (Å²) in [6.45, 7) is 3.72. The first-order chi connectivity index (χ1) is 9.34. The minimum Gasteiger partial charge on any atom is -0.347 e. The van der Waals surface area contributed by atoms with Gasteiger partial charge in [0.15, 0.2) is 5.78 Å². The molecule has 2 rings (SSSR count). The molecule has 20 heavy (non-hydrogen) atoms. The maximum atomic E-state index is 13.1. The van der Waals surface area contributed by atoms with Gasteiger partial charge in [-0.2, -0.15) is 13.2 Å². The van der Waals surface area contributed by atoms with Crippen LogP contribution in [0.4, 0.5) is 13.2 Å². The monoisotopic (exact) mass is 281 g/mol. The van der Waals surface area contributed by atoms with E-state index < -0.39 is 11.7 Å². The Bertz CT molecular complexity index is 641. The molecule has 0 bridgehead atoms. The molecule has 0 unspecified atom stereocenters.